The Kier molecular flexibility index (Phi) is 5.46. The number of para-hydroxylation sites is 2. The molecule has 0 aliphatic heterocycles. The number of aryl methyl sites for hydroxylation is 1. The first-order valence-electron chi connectivity index (χ1n) is 11.0. The minimum absolute atomic E-state index is 0.229. The molecule has 0 N–H and O–H groups in total. The molecule has 33 heavy (non-hydrogen) atoms. The first-order chi connectivity index (χ1) is 16.3. The Labute approximate surface area is 194 Å². The van der Waals surface area contributed by atoms with Crippen molar-refractivity contribution in [3.05, 3.63) is 120 Å². The normalized spacial score (nSPS) is 11.9. The number of benzene rings is 4. The van der Waals surface area contributed by atoms with Crippen LogP contribution in [0.1, 0.15) is 17.5 Å². The summed E-state index contributed by atoms with van der Waals surface area (Å²) < 4.78 is 0. The monoisotopic (exact) mass is 423 g/mol. The van der Waals surface area contributed by atoms with Crippen LogP contribution < -0.4 is 4.90 Å². The maximum absolute atomic E-state index is 9.25. The summed E-state index contributed by atoms with van der Waals surface area (Å²) in [7, 11) is 0. The molecule has 5 rings (SSSR count). The standard InChI is InChI=1S/C30H21N3/c31-20-25(21-32)30-18-14-24-19-23(13-17-29(24)30)22-11-15-28(16-12-22)33(26-7-3-1-4-8-26)27-9-5-2-6-10-27/h1-13,15-17,19H,14,18H2. The van der Waals surface area contributed by atoms with Crippen LogP contribution in [0.5, 0.6) is 0 Å². The van der Waals surface area contributed by atoms with E-state index in [1.54, 1.807) is 0 Å². The molecule has 0 unspecified atom stereocenters. The second kappa shape index (κ2) is 8.87. The molecule has 0 aromatic heterocycles. The molecule has 0 atom stereocenters. The van der Waals surface area contributed by atoms with Crippen LogP contribution in [-0.4, -0.2) is 0 Å². The third kappa shape index (κ3) is 3.89. The summed E-state index contributed by atoms with van der Waals surface area (Å²) in [5.41, 5.74) is 8.93. The van der Waals surface area contributed by atoms with Crippen molar-refractivity contribution in [2.45, 2.75) is 12.8 Å². The number of allylic oxidation sites excluding steroid dienone is 2. The van der Waals surface area contributed by atoms with Gasteiger partial charge in [-0.05, 0) is 77.1 Å². The molecular weight excluding hydrogens is 402 g/mol. The Morgan fingerprint density at radius 3 is 1.73 bits per heavy atom. The fourth-order valence-corrected chi connectivity index (χ4v) is 4.49. The lowest BCUT2D eigenvalue weighted by Crippen LogP contribution is -2.09. The lowest BCUT2D eigenvalue weighted by atomic mass is 9.98. The number of hydrogen-bond donors (Lipinski definition) is 0. The van der Waals surface area contributed by atoms with Crippen LogP contribution in [0.3, 0.4) is 0 Å². The molecule has 0 bridgehead atoms. The van der Waals surface area contributed by atoms with Crippen molar-refractivity contribution >= 4 is 22.6 Å². The number of nitriles is 2. The Bertz CT molecular complexity index is 1350. The highest BCUT2D eigenvalue weighted by Gasteiger charge is 2.20. The molecule has 3 heteroatoms. The fraction of sp³-hybridized carbons (Fsp3) is 0.0667. The quantitative estimate of drug-likeness (QED) is 0.318. The van der Waals surface area contributed by atoms with E-state index in [0.29, 0.717) is 0 Å². The predicted molar refractivity (Wildman–Crippen MR) is 133 cm³/mol. The first kappa shape index (κ1) is 20.3. The summed E-state index contributed by atoms with van der Waals surface area (Å²) in [5.74, 6) is 0. The van der Waals surface area contributed by atoms with Gasteiger partial charge in [0.15, 0.2) is 0 Å². The number of anilines is 3. The molecule has 0 spiro atoms. The van der Waals surface area contributed by atoms with Gasteiger partial charge in [0.2, 0.25) is 0 Å². The molecule has 1 aliphatic rings. The minimum Gasteiger partial charge on any atom is -0.311 e. The number of rotatable bonds is 4. The highest BCUT2D eigenvalue weighted by atomic mass is 15.1. The SMILES string of the molecule is N#CC(C#N)=C1CCc2cc(-c3ccc(N(c4ccccc4)c4ccccc4)cc3)ccc21. The molecule has 0 saturated carbocycles. The van der Waals surface area contributed by atoms with Gasteiger partial charge in [-0.2, -0.15) is 10.5 Å². The van der Waals surface area contributed by atoms with E-state index < -0.39 is 0 Å². The van der Waals surface area contributed by atoms with Gasteiger partial charge < -0.3 is 4.90 Å². The van der Waals surface area contributed by atoms with Crippen molar-refractivity contribution in [2.75, 3.05) is 4.90 Å². The summed E-state index contributed by atoms with van der Waals surface area (Å²) in [5, 5.41) is 18.5. The minimum atomic E-state index is 0.229. The van der Waals surface area contributed by atoms with Gasteiger partial charge >= 0.3 is 0 Å². The van der Waals surface area contributed by atoms with Gasteiger partial charge in [-0.15, -0.1) is 0 Å². The van der Waals surface area contributed by atoms with Crippen molar-refractivity contribution in [2.24, 2.45) is 0 Å². The summed E-state index contributed by atoms with van der Waals surface area (Å²) >= 11 is 0. The lowest BCUT2D eigenvalue weighted by molar-refractivity contribution is 1.08. The molecule has 3 nitrogen and oxygen atoms in total. The van der Waals surface area contributed by atoms with Gasteiger partial charge in [-0.3, -0.25) is 0 Å². The molecule has 156 valence electrons. The van der Waals surface area contributed by atoms with E-state index >= 15 is 0 Å². The average molecular weight is 424 g/mol. The van der Waals surface area contributed by atoms with Crippen LogP contribution in [-0.2, 0) is 6.42 Å². The third-order valence-electron chi connectivity index (χ3n) is 6.09. The molecule has 1 aliphatic carbocycles. The van der Waals surface area contributed by atoms with E-state index in [-0.39, 0.29) is 5.57 Å². The zero-order valence-corrected chi connectivity index (χ0v) is 18.1. The van der Waals surface area contributed by atoms with Crippen LogP contribution in [0.25, 0.3) is 16.7 Å². The highest BCUT2D eigenvalue weighted by molar-refractivity contribution is 5.83. The lowest BCUT2D eigenvalue weighted by Gasteiger charge is -2.25. The number of hydrogen-bond acceptors (Lipinski definition) is 3. The molecule has 0 saturated heterocycles. The second-order valence-corrected chi connectivity index (χ2v) is 8.00. The maximum atomic E-state index is 9.25. The van der Waals surface area contributed by atoms with E-state index in [1.807, 2.05) is 24.3 Å². The highest BCUT2D eigenvalue weighted by Crippen LogP contribution is 2.38. The molecule has 0 fully saturated rings. The van der Waals surface area contributed by atoms with Gasteiger partial charge in [-0.1, -0.05) is 66.7 Å². The average Bonchev–Trinajstić information content (AvgIpc) is 3.30. The van der Waals surface area contributed by atoms with Crippen LogP contribution in [0.15, 0.2) is 109 Å². The second-order valence-electron chi connectivity index (χ2n) is 8.00. The van der Waals surface area contributed by atoms with E-state index in [4.69, 9.17) is 0 Å². The molecule has 4 aromatic rings. The number of fused-ring (bicyclic) bond motifs is 1. The van der Waals surface area contributed by atoms with Gasteiger partial charge in [0.25, 0.3) is 0 Å². The Morgan fingerprint density at radius 1 is 0.606 bits per heavy atom. The summed E-state index contributed by atoms with van der Waals surface area (Å²) in [4.78, 5) is 2.24. The van der Waals surface area contributed by atoms with Gasteiger partial charge in [0, 0.05) is 17.1 Å². The van der Waals surface area contributed by atoms with Crippen LogP contribution in [0.2, 0.25) is 0 Å². The fourth-order valence-electron chi connectivity index (χ4n) is 4.49. The van der Waals surface area contributed by atoms with E-state index in [9.17, 15) is 10.5 Å². The largest absolute Gasteiger partial charge is 0.311 e. The van der Waals surface area contributed by atoms with Crippen molar-refractivity contribution < 1.29 is 0 Å². The zero-order valence-electron chi connectivity index (χ0n) is 18.1. The van der Waals surface area contributed by atoms with Gasteiger partial charge in [-0.25, -0.2) is 0 Å². The molecule has 0 radical (unpaired) electrons. The first-order valence-corrected chi connectivity index (χ1v) is 11.0. The smallest absolute Gasteiger partial charge is 0.133 e. The topological polar surface area (TPSA) is 50.8 Å². The molecule has 0 amide bonds. The van der Waals surface area contributed by atoms with Crippen LogP contribution in [0.4, 0.5) is 17.1 Å². The molecule has 4 aromatic carbocycles. The Hall–Kier alpha value is -4.60. The summed E-state index contributed by atoms with van der Waals surface area (Å²) in [6.45, 7) is 0. The summed E-state index contributed by atoms with van der Waals surface area (Å²) in [6.07, 6.45) is 1.61. The van der Waals surface area contributed by atoms with Crippen molar-refractivity contribution in [3.63, 3.8) is 0 Å². The number of nitrogens with zero attached hydrogens (tertiary/aromatic N) is 3. The van der Waals surface area contributed by atoms with Gasteiger partial charge in [0.05, 0.1) is 0 Å². The zero-order chi connectivity index (χ0) is 22.6. The molecular formula is C30H21N3. The van der Waals surface area contributed by atoms with Crippen LogP contribution in [0, 0.1) is 22.7 Å². The van der Waals surface area contributed by atoms with E-state index in [2.05, 4.69) is 95.9 Å². The molecule has 0 heterocycles. The predicted octanol–water partition coefficient (Wildman–Crippen LogP) is 7.57. The van der Waals surface area contributed by atoms with Crippen molar-refractivity contribution in [1.29, 1.82) is 10.5 Å². The van der Waals surface area contributed by atoms with E-state index in [1.165, 1.54) is 5.56 Å². The van der Waals surface area contributed by atoms with Crippen LogP contribution >= 0.6 is 0 Å². The van der Waals surface area contributed by atoms with Crippen molar-refractivity contribution in [3.8, 4) is 23.3 Å². The third-order valence-corrected chi connectivity index (χ3v) is 6.09. The van der Waals surface area contributed by atoms with E-state index in [0.717, 1.165) is 52.2 Å². The van der Waals surface area contributed by atoms with Crippen molar-refractivity contribution in [1.82, 2.24) is 0 Å². The Balaban J connectivity index is 1.50. The van der Waals surface area contributed by atoms with Gasteiger partial charge in [0.1, 0.15) is 17.7 Å². The maximum Gasteiger partial charge on any atom is 0.133 e. The summed E-state index contributed by atoms with van der Waals surface area (Å²) in [6, 6.07) is 39.7. The Morgan fingerprint density at radius 2 is 1.15 bits per heavy atom.